The second kappa shape index (κ2) is 9.77. The number of hydrogen-bond acceptors (Lipinski definition) is 0. The Morgan fingerprint density at radius 1 is 0.457 bits per heavy atom. The summed E-state index contributed by atoms with van der Waals surface area (Å²) in [5.74, 6) is 0.561. The van der Waals surface area contributed by atoms with Crippen molar-refractivity contribution in [3.63, 3.8) is 0 Å². The van der Waals surface area contributed by atoms with E-state index in [4.69, 9.17) is 0 Å². The molecule has 0 saturated heterocycles. The zero-order valence-electron chi connectivity index (χ0n) is 25.7. The van der Waals surface area contributed by atoms with Gasteiger partial charge in [-0.25, -0.2) is 0 Å². The van der Waals surface area contributed by atoms with Crippen molar-refractivity contribution in [2.45, 2.75) is 24.7 Å². The average Bonchev–Trinajstić information content (AvgIpc) is 3.10. The van der Waals surface area contributed by atoms with E-state index in [0.29, 0.717) is 0 Å². The van der Waals surface area contributed by atoms with Crippen LogP contribution in [0.25, 0.3) is 50.0 Å². The maximum atomic E-state index is 2.57. The summed E-state index contributed by atoms with van der Waals surface area (Å²) >= 11 is 0. The first kappa shape index (κ1) is 25.8. The lowest BCUT2D eigenvalue weighted by atomic mass is 9.71. The molecular weight excluding hydrogens is 553 g/mol. The predicted octanol–water partition coefficient (Wildman–Crippen LogP) is 12.0. The van der Waals surface area contributed by atoms with Gasteiger partial charge in [-0.1, -0.05) is 163 Å². The van der Waals surface area contributed by atoms with E-state index in [-0.39, 0.29) is 17.8 Å². The Morgan fingerprint density at radius 2 is 1.04 bits per heavy atom. The zero-order valence-corrected chi connectivity index (χ0v) is 25.7. The summed E-state index contributed by atoms with van der Waals surface area (Å²) in [6.45, 7) is 2.21. The van der Waals surface area contributed by atoms with Gasteiger partial charge in [-0.15, -0.1) is 0 Å². The summed E-state index contributed by atoms with van der Waals surface area (Å²) in [6, 6.07) is 48.0. The third-order valence-corrected chi connectivity index (χ3v) is 10.7. The molecule has 7 aromatic rings. The fourth-order valence-corrected chi connectivity index (χ4v) is 8.74. The minimum atomic E-state index is 0.178. The molecule has 0 N–H and O–H groups in total. The Balaban J connectivity index is 1.23. The van der Waals surface area contributed by atoms with Crippen LogP contribution in [-0.4, -0.2) is 0 Å². The normalized spacial score (nSPS) is 19.2. The third kappa shape index (κ3) is 3.68. The summed E-state index contributed by atoms with van der Waals surface area (Å²) in [4.78, 5) is 0. The number of rotatable bonds is 3. The maximum Gasteiger partial charge on any atom is 0.0285 e. The highest BCUT2D eigenvalue weighted by Crippen LogP contribution is 2.51. The number of hydrogen-bond donors (Lipinski definition) is 0. The average molecular weight is 585 g/mol. The summed E-state index contributed by atoms with van der Waals surface area (Å²) in [7, 11) is 0. The number of allylic oxidation sites excluding steroid dienone is 4. The molecule has 7 aromatic carbocycles. The Labute approximate surface area is 269 Å². The van der Waals surface area contributed by atoms with Gasteiger partial charge < -0.3 is 0 Å². The first-order chi connectivity index (χ1) is 22.7. The molecule has 46 heavy (non-hydrogen) atoms. The Bertz CT molecular complexity index is 2490. The molecule has 0 heteroatoms. The molecule has 3 aliphatic carbocycles. The lowest BCUT2D eigenvalue weighted by Gasteiger charge is -2.32. The Morgan fingerprint density at radius 3 is 1.76 bits per heavy atom. The predicted molar refractivity (Wildman–Crippen MR) is 195 cm³/mol. The highest BCUT2D eigenvalue weighted by Gasteiger charge is 2.31. The van der Waals surface area contributed by atoms with Gasteiger partial charge >= 0.3 is 0 Å². The highest BCUT2D eigenvalue weighted by atomic mass is 14.3. The lowest BCUT2D eigenvalue weighted by molar-refractivity contribution is 0.991. The Kier molecular flexibility index (Phi) is 5.48. The molecule has 216 valence electrons. The SMILES string of the molecule is Cc1cccc(C2C=C(C3C=Cc4cccc5cccc3c45)c3cccc4c(C5C=Cc6cccc7cccc5c67)ccc2c34)c1. The molecule has 0 nitrogen and oxygen atoms in total. The smallest absolute Gasteiger partial charge is 0.0285 e. The molecule has 10 rings (SSSR count). The second-order valence-electron chi connectivity index (χ2n) is 13.2. The van der Waals surface area contributed by atoms with Gasteiger partial charge in [0.25, 0.3) is 0 Å². The van der Waals surface area contributed by atoms with E-state index in [0.717, 1.165) is 0 Å². The summed E-state index contributed by atoms with van der Waals surface area (Å²) < 4.78 is 0. The lowest BCUT2D eigenvalue weighted by Crippen LogP contribution is -2.13. The fourth-order valence-electron chi connectivity index (χ4n) is 8.74. The quantitative estimate of drug-likeness (QED) is 0.194. The van der Waals surface area contributed by atoms with Gasteiger partial charge in [0.15, 0.2) is 0 Å². The van der Waals surface area contributed by atoms with Crippen molar-refractivity contribution in [2.24, 2.45) is 0 Å². The van der Waals surface area contributed by atoms with Crippen LogP contribution in [-0.2, 0) is 0 Å². The number of aryl methyl sites for hydroxylation is 1. The highest BCUT2D eigenvalue weighted by molar-refractivity contribution is 6.06. The van der Waals surface area contributed by atoms with Crippen molar-refractivity contribution in [1.82, 2.24) is 0 Å². The van der Waals surface area contributed by atoms with E-state index in [2.05, 4.69) is 165 Å². The van der Waals surface area contributed by atoms with Crippen LogP contribution in [0.15, 0.2) is 146 Å². The van der Waals surface area contributed by atoms with Crippen LogP contribution in [0.5, 0.6) is 0 Å². The molecule has 0 aliphatic heterocycles. The van der Waals surface area contributed by atoms with Gasteiger partial charge in [0, 0.05) is 17.8 Å². The molecular formula is C46H32. The van der Waals surface area contributed by atoms with Crippen molar-refractivity contribution < 1.29 is 0 Å². The molecule has 0 heterocycles. The molecule has 0 amide bonds. The zero-order chi connectivity index (χ0) is 30.4. The van der Waals surface area contributed by atoms with Crippen LogP contribution in [0.3, 0.4) is 0 Å². The van der Waals surface area contributed by atoms with Gasteiger partial charge in [0.1, 0.15) is 0 Å². The first-order valence-corrected chi connectivity index (χ1v) is 16.5. The van der Waals surface area contributed by atoms with Crippen LogP contribution in [0.2, 0.25) is 0 Å². The molecule has 0 saturated carbocycles. The van der Waals surface area contributed by atoms with E-state index in [1.807, 2.05) is 0 Å². The summed E-state index contributed by atoms with van der Waals surface area (Å²) in [5.41, 5.74) is 13.7. The summed E-state index contributed by atoms with van der Waals surface area (Å²) in [5, 5.41) is 8.17. The van der Waals surface area contributed by atoms with E-state index < -0.39 is 0 Å². The standard InChI is InChI=1S/C46H32/c1-28-8-2-15-33(26-28)42-27-43(36-23-21-32-12-4-10-30-14-6-17-38(36)45(30)32)40-19-7-18-39-35(24-25-41(42)46(39)40)34-22-20-31-11-3-9-29-13-5-16-37(34)44(29)31/h2-27,34,36,42H,1H3. The minimum absolute atomic E-state index is 0.178. The third-order valence-electron chi connectivity index (χ3n) is 10.7. The van der Waals surface area contributed by atoms with Crippen molar-refractivity contribution in [2.75, 3.05) is 0 Å². The molecule has 3 aliphatic rings. The van der Waals surface area contributed by atoms with E-state index >= 15 is 0 Å². The molecule has 3 unspecified atom stereocenters. The molecule has 0 radical (unpaired) electrons. The van der Waals surface area contributed by atoms with Crippen molar-refractivity contribution in [1.29, 1.82) is 0 Å². The van der Waals surface area contributed by atoms with Gasteiger partial charge in [-0.2, -0.15) is 0 Å². The molecule has 0 bridgehead atoms. The first-order valence-electron chi connectivity index (χ1n) is 16.5. The molecule has 0 spiro atoms. The topological polar surface area (TPSA) is 0 Å². The van der Waals surface area contributed by atoms with E-state index in [1.54, 1.807) is 0 Å². The Hall–Kier alpha value is -5.46. The van der Waals surface area contributed by atoms with E-state index in [1.165, 1.54) is 88.0 Å². The summed E-state index contributed by atoms with van der Waals surface area (Å²) in [6.07, 6.45) is 12.1. The fraction of sp³-hybridized carbons (Fsp3) is 0.0870. The molecule has 3 atom stereocenters. The van der Waals surface area contributed by atoms with Crippen LogP contribution in [0.1, 0.15) is 67.8 Å². The molecule has 0 fully saturated rings. The minimum Gasteiger partial charge on any atom is -0.0720 e. The molecule has 0 aromatic heterocycles. The van der Waals surface area contributed by atoms with Crippen molar-refractivity contribution >= 4 is 50.0 Å². The van der Waals surface area contributed by atoms with Gasteiger partial charge in [0.2, 0.25) is 0 Å². The van der Waals surface area contributed by atoms with Crippen LogP contribution >= 0.6 is 0 Å². The van der Waals surface area contributed by atoms with E-state index in [9.17, 15) is 0 Å². The second-order valence-corrected chi connectivity index (χ2v) is 13.2. The number of benzene rings is 7. The van der Waals surface area contributed by atoms with Crippen LogP contribution < -0.4 is 0 Å². The van der Waals surface area contributed by atoms with Gasteiger partial charge in [0.05, 0.1) is 0 Å². The van der Waals surface area contributed by atoms with Crippen LogP contribution in [0, 0.1) is 6.92 Å². The largest absolute Gasteiger partial charge is 0.0720 e. The van der Waals surface area contributed by atoms with Crippen LogP contribution in [0.4, 0.5) is 0 Å². The van der Waals surface area contributed by atoms with Crippen molar-refractivity contribution in [3.8, 4) is 0 Å². The maximum absolute atomic E-state index is 2.57. The van der Waals surface area contributed by atoms with Gasteiger partial charge in [-0.3, -0.25) is 0 Å². The van der Waals surface area contributed by atoms with Crippen molar-refractivity contribution in [3.05, 3.63) is 196 Å². The van der Waals surface area contributed by atoms with Gasteiger partial charge in [-0.05, 0) is 89.3 Å². The monoisotopic (exact) mass is 584 g/mol.